The van der Waals surface area contributed by atoms with E-state index in [4.69, 9.17) is 5.48 Å². The van der Waals surface area contributed by atoms with Crippen LogP contribution in [-0.4, -0.2) is 20.9 Å². The van der Waals surface area contributed by atoms with Crippen molar-refractivity contribution in [2.45, 2.75) is 165 Å². The Bertz CT molecular complexity index is 2610. The third-order valence-corrected chi connectivity index (χ3v) is 14.3. The third kappa shape index (κ3) is 12.5. The molecule has 2 aromatic heterocycles. The van der Waals surface area contributed by atoms with Crippen LogP contribution in [0, 0.1) is 65.0 Å². The number of rotatable bonds is 11. The molecule has 0 saturated heterocycles. The Hall–Kier alpha value is -4.44. The molecule has 0 bridgehead atoms. The number of carbonyl (C=O) groups is 1. The maximum absolute atomic E-state index is 11.9. The quantitative estimate of drug-likeness (QED) is 0.0798. The number of fused-ring (bicyclic) bond motifs is 2. The van der Waals surface area contributed by atoms with Gasteiger partial charge in [-0.3, -0.25) is 4.79 Å². The fourth-order valence-electron chi connectivity index (χ4n) is 10.00. The Balaban J connectivity index is 0.000000199. The number of aromatic nitrogens is 2. The molecular weight excluding hydrogens is 973 g/mol. The zero-order valence-electron chi connectivity index (χ0n) is 45.0. The molecule has 65 heavy (non-hydrogen) atoms. The summed E-state index contributed by atoms with van der Waals surface area (Å²) in [6.45, 7) is 22.6. The van der Waals surface area contributed by atoms with E-state index in [1.807, 2.05) is 48.5 Å². The monoisotopic (exact) mass is 1050 g/mol. The average Bonchev–Trinajstić information content (AvgIpc) is 4.05. The van der Waals surface area contributed by atoms with Gasteiger partial charge in [0, 0.05) is 49.9 Å². The number of aliphatic hydroxyl groups is 1. The molecule has 0 aliphatic heterocycles. The molecule has 1 radical (unpaired) electrons. The summed E-state index contributed by atoms with van der Waals surface area (Å²) in [5, 5.41) is 13.6. The molecule has 2 aliphatic carbocycles. The Morgan fingerprint density at radius 1 is 0.692 bits per heavy atom. The number of ketones is 1. The van der Waals surface area contributed by atoms with Gasteiger partial charge in [0.05, 0.1) is 5.48 Å². The van der Waals surface area contributed by atoms with Gasteiger partial charge in [0.2, 0.25) is 0 Å². The van der Waals surface area contributed by atoms with Gasteiger partial charge in [0.25, 0.3) is 0 Å². The number of nitrogens with zero attached hydrogens (tertiary/aromatic N) is 2. The SMILES string of the molecule is CCC(CC)C(=O)/C=C(\O)C(C)(CC)CC.[2H]c1nc(-c2[c-]c(C)cc(C)c2)c2cc(C)c(C3CCCC3)cc2c1[2H].[2H]c1nc(-c2[c-]c(C)cc(C)c2)c2cc(C)c(C3CCCC3)cc2c1[2H].[Ir]. The first kappa shape index (κ1) is 45.7. The Morgan fingerprint density at radius 2 is 1.09 bits per heavy atom. The Labute approximate surface area is 411 Å². The van der Waals surface area contributed by atoms with Crippen LogP contribution in [0.3, 0.4) is 0 Å². The fraction of sp³-hybridized carbons (Fsp3) is 0.450. The van der Waals surface area contributed by atoms with Gasteiger partial charge in [-0.05, 0) is 144 Å². The van der Waals surface area contributed by atoms with Crippen LogP contribution in [0.2, 0.25) is 0 Å². The number of carbonyl (C=O) groups excluding carboxylic acids is 1. The van der Waals surface area contributed by atoms with Crippen molar-refractivity contribution >= 4 is 27.3 Å². The first-order chi connectivity index (χ1) is 32.3. The van der Waals surface area contributed by atoms with E-state index in [9.17, 15) is 9.90 Å². The predicted octanol–water partition coefficient (Wildman–Crippen LogP) is 16.8. The van der Waals surface area contributed by atoms with Crippen molar-refractivity contribution in [3.05, 3.63) is 141 Å². The molecule has 0 amide bonds. The summed E-state index contributed by atoms with van der Waals surface area (Å²) in [6.07, 6.45) is 15.0. The van der Waals surface area contributed by atoms with Gasteiger partial charge in [-0.1, -0.05) is 112 Å². The second-order valence-electron chi connectivity index (χ2n) is 19.1. The Kier molecular flexibility index (Phi) is 16.4. The number of pyridine rings is 2. The van der Waals surface area contributed by atoms with Crippen molar-refractivity contribution < 1.29 is 35.5 Å². The first-order valence-corrected chi connectivity index (χ1v) is 24.1. The fourth-order valence-corrected chi connectivity index (χ4v) is 10.00. The normalized spacial score (nSPS) is 15.4. The average molecular weight is 1050 g/mol. The van der Waals surface area contributed by atoms with Crippen LogP contribution in [0.15, 0.2) is 84.8 Å². The van der Waals surface area contributed by atoms with Crippen molar-refractivity contribution in [2.24, 2.45) is 11.3 Å². The molecule has 0 unspecified atom stereocenters. The van der Waals surface area contributed by atoms with Crippen molar-refractivity contribution in [1.29, 1.82) is 0 Å². The number of aryl methyl sites for hydroxylation is 6. The second kappa shape index (κ2) is 23.3. The molecule has 4 nitrogen and oxygen atoms in total. The van der Waals surface area contributed by atoms with Crippen LogP contribution >= 0.6 is 0 Å². The maximum atomic E-state index is 11.9. The van der Waals surface area contributed by atoms with E-state index in [1.54, 1.807) is 0 Å². The molecule has 1 N–H and O–H groups in total. The molecule has 2 saturated carbocycles. The summed E-state index contributed by atoms with van der Waals surface area (Å²) in [5.74, 6) is 1.56. The van der Waals surface area contributed by atoms with Crippen LogP contribution in [-0.2, 0) is 24.9 Å². The van der Waals surface area contributed by atoms with Gasteiger partial charge < -0.3 is 15.1 Å². The molecular formula is C60H74IrN2O2-2. The molecule has 4 aromatic carbocycles. The molecule has 2 heterocycles. The molecule has 5 heteroatoms. The zero-order chi connectivity index (χ0) is 49.6. The van der Waals surface area contributed by atoms with Gasteiger partial charge in [0.1, 0.15) is 5.76 Å². The number of hydrogen-bond acceptors (Lipinski definition) is 4. The molecule has 0 spiro atoms. The minimum Gasteiger partial charge on any atom is -0.512 e. The summed E-state index contributed by atoms with van der Waals surface area (Å²) in [6, 6.07) is 24.2. The summed E-state index contributed by atoms with van der Waals surface area (Å²) in [5.41, 5.74) is 12.8. The number of aliphatic hydroxyl groups excluding tert-OH is 1. The smallest absolute Gasteiger partial charge is 0.162 e. The number of allylic oxidation sites excluding steroid dienone is 2. The van der Waals surface area contributed by atoms with Gasteiger partial charge in [0.15, 0.2) is 5.78 Å². The predicted molar refractivity (Wildman–Crippen MR) is 271 cm³/mol. The molecule has 347 valence electrons. The first-order valence-electron chi connectivity index (χ1n) is 26.1. The van der Waals surface area contributed by atoms with E-state index in [0.717, 1.165) is 92.0 Å². The summed E-state index contributed by atoms with van der Waals surface area (Å²) in [4.78, 5) is 20.8. The van der Waals surface area contributed by atoms with Crippen LogP contribution < -0.4 is 0 Å². The summed E-state index contributed by atoms with van der Waals surface area (Å²) < 4.78 is 33.3. The number of benzene rings is 4. The van der Waals surface area contributed by atoms with Crippen molar-refractivity contribution in [3.8, 4) is 22.5 Å². The van der Waals surface area contributed by atoms with E-state index in [0.29, 0.717) is 11.8 Å². The van der Waals surface area contributed by atoms with Crippen LogP contribution in [0.5, 0.6) is 0 Å². The zero-order valence-corrected chi connectivity index (χ0v) is 43.4. The molecule has 6 aromatic rings. The molecule has 8 rings (SSSR count). The van der Waals surface area contributed by atoms with E-state index >= 15 is 0 Å². The molecule has 0 atom stereocenters. The van der Waals surface area contributed by atoms with Crippen molar-refractivity contribution in [3.63, 3.8) is 0 Å². The van der Waals surface area contributed by atoms with Crippen molar-refractivity contribution in [2.75, 3.05) is 0 Å². The van der Waals surface area contributed by atoms with E-state index < -0.39 is 0 Å². The van der Waals surface area contributed by atoms with E-state index in [-0.39, 0.29) is 67.4 Å². The van der Waals surface area contributed by atoms with Crippen LogP contribution in [0.1, 0.15) is 173 Å². The standard InChI is InChI=1S/2C23H24N.C14H26O2.Ir/c2*1-15-10-16(2)12-20(11-15)23-22-13-17(3)21(18-6-4-5-7-18)14-19(22)8-9-24-23;1-6-11(7-2)12(15)10-13(16)14(5,8-3)9-4;/h2*8-11,13-14,18H,4-7H2,1-3H3;10-11,16H,6-9H2,1-5H3;/q2*-1;;/b;;13-10-;/i2*8D,9D;;. The molecule has 2 aliphatic rings. The summed E-state index contributed by atoms with van der Waals surface area (Å²) in [7, 11) is 0. The summed E-state index contributed by atoms with van der Waals surface area (Å²) >= 11 is 0. The van der Waals surface area contributed by atoms with Gasteiger partial charge in [-0.15, -0.1) is 69.8 Å². The second-order valence-corrected chi connectivity index (χ2v) is 19.1. The van der Waals surface area contributed by atoms with Gasteiger partial charge in [-0.2, -0.15) is 0 Å². The third-order valence-electron chi connectivity index (χ3n) is 14.3. The van der Waals surface area contributed by atoms with Gasteiger partial charge >= 0.3 is 0 Å². The Morgan fingerprint density at radius 3 is 1.45 bits per heavy atom. The van der Waals surface area contributed by atoms with Crippen molar-refractivity contribution in [1.82, 2.24) is 9.97 Å². The van der Waals surface area contributed by atoms with E-state index in [1.165, 1.54) is 79.7 Å². The number of hydrogen-bond donors (Lipinski definition) is 1. The van der Waals surface area contributed by atoms with Crippen LogP contribution in [0.25, 0.3) is 44.1 Å². The minimum absolute atomic E-state index is 0. The van der Waals surface area contributed by atoms with Crippen LogP contribution in [0.4, 0.5) is 0 Å². The topological polar surface area (TPSA) is 63.1 Å². The van der Waals surface area contributed by atoms with E-state index in [2.05, 4.69) is 98.3 Å². The maximum Gasteiger partial charge on any atom is 0.162 e. The molecule has 2 fully saturated rings. The minimum atomic E-state index is -0.248. The van der Waals surface area contributed by atoms with Gasteiger partial charge in [-0.25, -0.2) is 0 Å². The largest absolute Gasteiger partial charge is 0.512 e.